The number of hydrogen-bond acceptors (Lipinski definition) is 5. The van der Waals surface area contributed by atoms with E-state index in [4.69, 9.17) is 0 Å². The summed E-state index contributed by atoms with van der Waals surface area (Å²) < 4.78 is 1.52. The van der Waals surface area contributed by atoms with Crippen molar-refractivity contribution >= 4 is 28.5 Å². The van der Waals surface area contributed by atoms with Gasteiger partial charge in [-0.2, -0.15) is 0 Å². The molecule has 4 aromatic rings. The molecule has 142 valence electrons. The Labute approximate surface area is 165 Å². The molecule has 0 aliphatic carbocycles. The van der Waals surface area contributed by atoms with Crippen molar-refractivity contribution < 1.29 is 10.0 Å². The number of benzene rings is 3. The molecule has 0 atom stereocenters. The van der Waals surface area contributed by atoms with Crippen LogP contribution in [0.25, 0.3) is 16.6 Å². The van der Waals surface area contributed by atoms with E-state index in [2.05, 4.69) is 4.99 Å². The minimum Gasteiger partial charge on any atom is -0.506 e. The molecule has 29 heavy (non-hydrogen) atoms. The molecule has 0 spiro atoms. The Hall–Kier alpha value is -4.26. The van der Waals surface area contributed by atoms with Gasteiger partial charge in [-0.15, -0.1) is 0 Å². The van der Waals surface area contributed by atoms with E-state index in [0.717, 1.165) is 0 Å². The van der Waals surface area contributed by atoms with Gasteiger partial charge >= 0.3 is 0 Å². The van der Waals surface area contributed by atoms with E-state index in [1.807, 2.05) is 30.3 Å². The quantitative estimate of drug-likeness (QED) is 0.321. The Balaban J connectivity index is 1.89. The molecule has 0 fully saturated rings. The van der Waals surface area contributed by atoms with Gasteiger partial charge in [-0.25, -0.2) is 0 Å². The maximum absolute atomic E-state index is 13.2. The Bertz CT molecular complexity index is 1290. The van der Waals surface area contributed by atoms with Crippen LogP contribution >= 0.6 is 0 Å². The van der Waals surface area contributed by atoms with Crippen molar-refractivity contribution in [1.82, 2.24) is 4.57 Å². The average Bonchev–Trinajstić information content (AvgIpc) is 2.75. The van der Waals surface area contributed by atoms with Crippen LogP contribution in [-0.4, -0.2) is 20.8 Å². The molecule has 1 N–H and O–H groups in total. The Morgan fingerprint density at radius 1 is 0.931 bits per heavy atom. The Kier molecular flexibility index (Phi) is 4.62. The lowest BCUT2D eigenvalue weighted by Gasteiger charge is -2.13. The summed E-state index contributed by atoms with van der Waals surface area (Å²) in [4.78, 5) is 27.7. The lowest BCUT2D eigenvalue weighted by molar-refractivity contribution is -0.384. The van der Waals surface area contributed by atoms with Gasteiger partial charge in [-0.1, -0.05) is 30.3 Å². The number of pyridine rings is 1. The monoisotopic (exact) mass is 385 g/mol. The number of nitrogens with zero attached hydrogens (tertiary/aromatic N) is 3. The second kappa shape index (κ2) is 7.40. The van der Waals surface area contributed by atoms with Crippen LogP contribution in [0.5, 0.6) is 5.75 Å². The van der Waals surface area contributed by atoms with Crippen LogP contribution in [0.4, 0.5) is 11.4 Å². The molecule has 0 radical (unpaired) electrons. The zero-order chi connectivity index (χ0) is 20.4. The van der Waals surface area contributed by atoms with E-state index in [9.17, 15) is 20.0 Å². The molecule has 3 aromatic carbocycles. The number of non-ortho nitro benzene ring substituents is 1. The fourth-order valence-electron chi connectivity index (χ4n) is 3.09. The smallest absolute Gasteiger partial charge is 0.269 e. The number of nitro groups is 1. The molecule has 0 aliphatic heterocycles. The number of rotatable bonds is 4. The van der Waals surface area contributed by atoms with E-state index >= 15 is 0 Å². The lowest BCUT2D eigenvalue weighted by atomic mass is 10.1. The van der Waals surface area contributed by atoms with Gasteiger partial charge in [0.1, 0.15) is 11.3 Å². The Morgan fingerprint density at radius 2 is 1.59 bits per heavy atom. The molecular weight excluding hydrogens is 370 g/mol. The first-order valence-corrected chi connectivity index (χ1v) is 8.77. The molecule has 0 unspecified atom stereocenters. The Morgan fingerprint density at radius 3 is 2.28 bits per heavy atom. The highest BCUT2D eigenvalue weighted by Gasteiger charge is 2.16. The van der Waals surface area contributed by atoms with Crippen LogP contribution in [0.3, 0.4) is 0 Å². The summed E-state index contributed by atoms with van der Waals surface area (Å²) in [6.45, 7) is 0. The molecule has 0 bridgehead atoms. The summed E-state index contributed by atoms with van der Waals surface area (Å²) in [7, 11) is 0. The second-order valence-electron chi connectivity index (χ2n) is 6.29. The molecule has 0 amide bonds. The highest BCUT2D eigenvalue weighted by atomic mass is 16.6. The predicted molar refractivity (Wildman–Crippen MR) is 112 cm³/mol. The van der Waals surface area contributed by atoms with Crippen molar-refractivity contribution in [1.29, 1.82) is 0 Å². The third kappa shape index (κ3) is 3.37. The predicted octanol–water partition coefficient (Wildman–Crippen LogP) is 4.36. The molecule has 7 nitrogen and oxygen atoms in total. The zero-order valence-electron chi connectivity index (χ0n) is 15.1. The van der Waals surface area contributed by atoms with Crippen LogP contribution < -0.4 is 5.56 Å². The van der Waals surface area contributed by atoms with Gasteiger partial charge in [0, 0.05) is 29.4 Å². The van der Waals surface area contributed by atoms with E-state index < -0.39 is 10.5 Å². The van der Waals surface area contributed by atoms with Gasteiger partial charge in [0.25, 0.3) is 11.2 Å². The first-order valence-electron chi connectivity index (χ1n) is 8.77. The van der Waals surface area contributed by atoms with Crippen LogP contribution in [0, 0.1) is 10.1 Å². The van der Waals surface area contributed by atoms with Crippen LogP contribution in [0.15, 0.2) is 88.6 Å². The normalized spacial score (nSPS) is 11.2. The molecule has 0 saturated heterocycles. The lowest BCUT2D eigenvalue weighted by Crippen LogP contribution is -2.22. The number of para-hydroxylation sites is 2. The fraction of sp³-hybridized carbons (Fsp3) is 0. The maximum Gasteiger partial charge on any atom is 0.269 e. The third-order valence-corrected chi connectivity index (χ3v) is 4.51. The van der Waals surface area contributed by atoms with Crippen molar-refractivity contribution in [3.63, 3.8) is 0 Å². The van der Waals surface area contributed by atoms with Crippen LogP contribution in [0.1, 0.15) is 5.56 Å². The summed E-state index contributed by atoms with van der Waals surface area (Å²) >= 11 is 0. The summed E-state index contributed by atoms with van der Waals surface area (Å²) in [5.74, 6) is -0.163. The molecule has 0 aliphatic rings. The second-order valence-corrected chi connectivity index (χ2v) is 6.29. The van der Waals surface area contributed by atoms with Crippen LogP contribution in [-0.2, 0) is 0 Å². The van der Waals surface area contributed by atoms with Gasteiger partial charge in [0.2, 0.25) is 0 Å². The van der Waals surface area contributed by atoms with Gasteiger partial charge < -0.3 is 5.11 Å². The van der Waals surface area contributed by atoms with E-state index in [0.29, 0.717) is 22.3 Å². The minimum atomic E-state index is -0.499. The van der Waals surface area contributed by atoms with Crippen molar-refractivity contribution in [3.05, 3.63) is 105 Å². The number of fused-ring (bicyclic) bond motifs is 1. The SMILES string of the molecule is O=c1c(C=Nc2ccc([N+](=O)[O-])cc2)c(O)c2ccccc2n1-c1ccccc1. The maximum atomic E-state index is 13.2. The molecular formula is C22H15N3O4. The number of hydrogen-bond donors (Lipinski definition) is 1. The third-order valence-electron chi connectivity index (χ3n) is 4.51. The number of aromatic nitrogens is 1. The summed E-state index contributed by atoms with van der Waals surface area (Å²) in [5, 5.41) is 22.0. The summed E-state index contributed by atoms with van der Waals surface area (Å²) in [5.41, 5.74) is 1.23. The zero-order valence-corrected chi connectivity index (χ0v) is 15.1. The highest BCUT2D eigenvalue weighted by Crippen LogP contribution is 2.27. The first-order chi connectivity index (χ1) is 14.1. The van der Waals surface area contributed by atoms with Crippen molar-refractivity contribution in [2.75, 3.05) is 0 Å². The van der Waals surface area contributed by atoms with E-state index in [1.165, 1.54) is 35.0 Å². The first kappa shape index (κ1) is 18.1. The van der Waals surface area contributed by atoms with Gasteiger partial charge in [0.05, 0.1) is 16.1 Å². The fourth-order valence-corrected chi connectivity index (χ4v) is 3.09. The standard InChI is InChI=1S/C22H15N3O4/c26-21-18-8-4-5-9-20(18)24(16-6-2-1-3-7-16)22(27)19(21)14-23-15-10-12-17(13-11-15)25(28)29/h1-14,26H. The van der Waals surface area contributed by atoms with Gasteiger partial charge in [0.15, 0.2) is 0 Å². The highest BCUT2D eigenvalue weighted by molar-refractivity contribution is 5.96. The van der Waals surface area contributed by atoms with Gasteiger partial charge in [-0.05, 0) is 36.4 Å². The molecule has 0 saturated carbocycles. The molecule has 4 rings (SSSR count). The van der Waals surface area contributed by atoms with E-state index in [-0.39, 0.29) is 17.0 Å². The number of aliphatic imine (C=N–C) groups is 1. The number of nitro benzene ring substituents is 1. The van der Waals surface area contributed by atoms with Crippen molar-refractivity contribution in [3.8, 4) is 11.4 Å². The average molecular weight is 385 g/mol. The van der Waals surface area contributed by atoms with Gasteiger partial charge in [-0.3, -0.25) is 24.5 Å². The van der Waals surface area contributed by atoms with Crippen molar-refractivity contribution in [2.24, 2.45) is 4.99 Å². The minimum absolute atomic E-state index is 0.0332. The summed E-state index contributed by atoms with van der Waals surface area (Å²) in [6.07, 6.45) is 1.28. The summed E-state index contributed by atoms with van der Waals surface area (Å²) in [6, 6.07) is 21.8. The van der Waals surface area contributed by atoms with Crippen LogP contribution in [0.2, 0.25) is 0 Å². The van der Waals surface area contributed by atoms with Crippen molar-refractivity contribution in [2.45, 2.75) is 0 Å². The van der Waals surface area contributed by atoms with E-state index in [1.54, 1.807) is 24.3 Å². The molecule has 1 heterocycles. The molecule has 1 aromatic heterocycles. The largest absolute Gasteiger partial charge is 0.506 e. The number of aromatic hydroxyl groups is 1. The molecule has 7 heteroatoms. The topological polar surface area (TPSA) is 97.7 Å².